The van der Waals surface area contributed by atoms with Crippen LogP contribution in [0, 0.1) is 0 Å². The third-order valence-electron chi connectivity index (χ3n) is 5.99. The van der Waals surface area contributed by atoms with E-state index in [0.29, 0.717) is 6.54 Å². The third-order valence-corrected chi connectivity index (χ3v) is 5.99. The van der Waals surface area contributed by atoms with Gasteiger partial charge in [-0.1, -0.05) is 18.2 Å². The van der Waals surface area contributed by atoms with Crippen LogP contribution in [0.1, 0.15) is 27.7 Å². The van der Waals surface area contributed by atoms with Crippen molar-refractivity contribution in [1.29, 1.82) is 0 Å². The molecule has 2 aliphatic heterocycles. The average Bonchev–Trinajstić information content (AvgIpc) is 3.39. The second-order valence-electron chi connectivity index (χ2n) is 7.77. The zero-order valence-corrected chi connectivity index (χ0v) is 16.4. The molecule has 1 fully saturated rings. The Bertz CT molecular complexity index is 999. The van der Waals surface area contributed by atoms with Crippen LogP contribution in [0.2, 0.25) is 0 Å². The highest BCUT2D eigenvalue weighted by molar-refractivity contribution is 5.94. The second-order valence-corrected chi connectivity index (χ2v) is 7.77. The summed E-state index contributed by atoms with van der Waals surface area (Å²) in [6.07, 6.45) is 5.77. The number of nitrogens with zero attached hydrogens (tertiary/aromatic N) is 4. The number of rotatable bonds is 5. The van der Waals surface area contributed by atoms with Crippen molar-refractivity contribution in [3.05, 3.63) is 83.9 Å². The van der Waals surface area contributed by atoms with Crippen molar-refractivity contribution in [2.24, 2.45) is 0 Å². The standard InChI is InChI=1S/C23H24N4O2/c1-29-19-8-6-17(7-9-19)14-27-22-16-25(13-18-4-2-10-24-12-18)15-21(22)26-11-3-5-20(26)23(27)28/h2-12,21-22H,13-16H2,1H3/t21-,22+/m0/s1. The summed E-state index contributed by atoms with van der Waals surface area (Å²) in [5, 5.41) is 0. The fourth-order valence-electron chi connectivity index (χ4n) is 4.58. The van der Waals surface area contributed by atoms with Gasteiger partial charge in [-0.2, -0.15) is 0 Å². The molecule has 1 saturated heterocycles. The maximum Gasteiger partial charge on any atom is 0.271 e. The van der Waals surface area contributed by atoms with Gasteiger partial charge in [0, 0.05) is 44.8 Å². The molecule has 1 amide bonds. The number of methoxy groups -OCH3 is 1. The van der Waals surface area contributed by atoms with E-state index in [4.69, 9.17) is 4.74 Å². The fraction of sp³-hybridized carbons (Fsp3) is 0.304. The molecule has 2 aromatic heterocycles. The van der Waals surface area contributed by atoms with Gasteiger partial charge in [0.25, 0.3) is 5.91 Å². The number of likely N-dealkylation sites (tertiary alicyclic amines) is 1. The molecule has 0 aliphatic carbocycles. The fourth-order valence-corrected chi connectivity index (χ4v) is 4.58. The van der Waals surface area contributed by atoms with Gasteiger partial charge in [-0.25, -0.2) is 0 Å². The van der Waals surface area contributed by atoms with Crippen LogP contribution in [0.3, 0.4) is 0 Å². The number of carbonyl (C=O) groups excluding carboxylic acids is 1. The summed E-state index contributed by atoms with van der Waals surface area (Å²) in [5.41, 5.74) is 3.10. The van der Waals surface area contributed by atoms with Crippen LogP contribution in [0.4, 0.5) is 0 Å². The van der Waals surface area contributed by atoms with Crippen LogP contribution in [-0.2, 0) is 13.1 Å². The summed E-state index contributed by atoms with van der Waals surface area (Å²) in [4.78, 5) is 22.0. The van der Waals surface area contributed by atoms with Gasteiger partial charge in [0.05, 0.1) is 19.2 Å². The maximum absolute atomic E-state index is 13.3. The van der Waals surface area contributed by atoms with Gasteiger partial charge in [-0.3, -0.25) is 14.7 Å². The summed E-state index contributed by atoms with van der Waals surface area (Å²) in [6.45, 7) is 3.24. The quantitative estimate of drug-likeness (QED) is 0.674. The van der Waals surface area contributed by atoms with Crippen molar-refractivity contribution in [3.63, 3.8) is 0 Å². The molecule has 0 saturated carbocycles. The second kappa shape index (κ2) is 7.37. The van der Waals surface area contributed by atoms with E-state index in [9.17, 15) is 4.79 Å². The van der Waals surface area contributed by atoms with E-state index in [1.54, 1.807) is 13.3 Å². The van der Waals surface area contributed by atoms with Gasteiger partial charge in [-0.05, 0) is 41.5 Å². The summed E-state index contributed by atoms with van der Waals surface area (Å²) in [6, 6.07) is 16.4. The van der Waals surface area contributed by atoms with E-state index < -0.39 is 0 Å². The molecule has 0 bridgehead atoms. The monoisotopic (exact) mass is 388 g/mol. The molecule has 29 heavy (non-hydrogen) atoms. The number of hydrogen-bond acceptors (Lipinski definition) is 4. The van der Waals surface area contributed by atoms with E-state index >= 15 is 0 Å². The van der Waals surface area contributed by atoms with Gasteiger partial charge >= 0.3 is 0 Å². The minimum Gasteiger partial charge on any atom is -0.497 e. The molecule has 1 aromatic carbocycles. The van der Waals surface area contributed by atoms with Crippen molar-refractivity contribution in [2.75, 3.05) is 20.2 Å². The van der Waals surface area contributed by atoms with E-state index in [1.165, 1.54) is 5.56 Å². The number of hydrogen-bond donors (Lipinski definition) is 0. The number of fused-ring (bicyclic) bond motifs is 3. The van der Waals surface area contributed by atoms with Crippen molar-refractivity contribution in [2.45, 2.75) is 25.2 Å². The first-order chi connectivity index (χ1) is 14.2. The lowest BCUT2D eigenvalue weighted by molar-refractivity contribution is 0.0556. The topological polar surface area (TPSA) is 50.6 Å². The zero-order valence-electron chi connectivity index (χ0n) is 16.4. The lowest BCUT2D eigenvalue weighted by Crippen LogP contribution is -2.49. The minimum atomic E-state index is 0.107. The molecule has 0 radical (unpaired) electrons. The molecule has 6 heteroatoms. The SMILES string of the molecule is COc1ccc(CN2C(=O)c3cccn3[C@H]3CN(Cc4cccnc4)C[C@H]32)cc1. The highest BCUT2D eigenvalue weighted by atomic mass is 16.5. The average molecular weight is 388 g/mol. The molecule has 2 atom stereocenters. The van der Waals surface area contributed by atoms with Gasteiger partial charge in [0.1, 0.15) is 11.4 Å². The molecule has 2 aliphatic rings. The number of carbonyl (C=O) groups is 1. The molecule has 3 aromatic rings. The summed E-state index contributed by atoms with van der Waals surface area (Å²) in [7, 11) is 1.66. The molecule has 0 spiro atoms. The van der Waals surface area contributed by atoms with E-state index in [1.807, 2.05) is 59.8 Å². The van der Waals surface area contributed by atoms with Gasteiger partial charge < -0.3 is 14.2 Å². The molecular formula is C23H24N4O2. The minimum absolute atomic E-state index is 0.107. The Balaban J connectivity index is 1.41. The first-order valence-corrected chi connectivity index (χ1v) is 9.95. The van der Waals surface area contributed by atoms with Gasteiger partial charge in [0.2, 0.25) is 0 Å². The Morgan fingerprint density at radius 3 is 2.59 bits per heavy atom. The molecule has 6 nitrogen and oxygen atoms in total. The van der Waals surface area contributed by atoms with Crippen molar-refractivity contribution in [3.8, 4) is 5.75 Å². The van der Waals surface area contributed by atoms with Crippen LogP contribution in [-0.4, -0.2) is 51.5 Å². The van der Waals surface area contributed by atoms with Crippen LogP contribution in [0.25, 0.3) is 0 Å². The summed E-state index contributed by atoms with van der Waals surface area (Å²) >= 11 is 0. The van der Waals surface area contributed by atoms with Crippen LogP contribution in [0.15, 0.2) is 67.1 Å². The summed E-state index contributed by atoms with van der Waals surface area (Å²) in [5.74, 6) is 0.935. The summed E-state index contributed by atoms with van der Waals surface area (Å²) < 4.78 is 7.43. The Labute approximate surface area is 170 Å². The maximum atomic E-state index is 13.3. The van der Waals surface area contributed by atoms with E-state index in [-0.39, 0.29) is 18.0 Å². The Kier molecular flexibility index (Phi) is 4.56. The molecule has 4 heterocycles. The predicted molar refractivity (Wildman–Crippen MR) is 110 cm³/mol. The van der Waals surface area contributed by atoms with Crippen LogP contribution >= 0.6 is 0 Å². The third kappa shape index (κ3) is 3.29. The highest BCUT2D eigenvalue weighted by Crippen LogP contribution is 2.35. The van der Waals surface area contributed by atoms with Crippen LogP contribution < -0.4 is 4.74 Å². The van der Waals surface area contributed by atoms with E-state index in [2.05, 4.69) is 20.5 Å². The number of pyridine rings is 1. The molecular weight excluding hydrogens is 364 g/mol. The number of aromatic nitrogens is 2. The first kappa shape index (κ1) is 17.9. The zero-order chi connectivity index (χ0) is 19.8. The van der Waals surface area contributed by atoms with Crippen LogP contribution in [0.5, 0.6) is 5.75 Å². The lowest BCUT2D eigenvalue weighted by Gasteiger charge is -2.38. The first-order valence-electron chi connectivity index (χ1n) is 9.95. The van der Waals surface area contributed by atoms with Gasteiger partial charge in [0.15, 0.2) is 0 Å². The Morgan fingerprint density at radius 1 is 1.00 bits per heavy atom. The highest BCUT2D eigenvalue weighted by Gasteiger charge is 2.44. The number of benzene rings is 1. The molecule has 0 unspecified atom stereocenters. The number of amides is 1. The van der Waals surface area contributed by atoms with E-state index in [0.717, 1.165) is 36.6 Å². The number of ether oxygens (including phenoxy) is 1. The van der Waals surface area contributed by atoms with Gasteiger partial charge in [-0.15, -0.1) is 0 Å². The van der Waals surface area contributed by atoms with Crippen molar-refractivity contribution >= 4 is 5.91 Å². The Morgan fingerprint density at radius 2 is 1.83 bits per heavy atom. The molecule has 5 rings (SSSR count). The normalized spacial score (nSPS) is 21.1. The smallest absolute Gasteiger partial charge is 0.271 e. The lowest BCUT2D eigenvalue weighted by atomic mass is 10.0. The molecule has 148 valence electrons. The predicted octanol–water partition coefficient (Wildman–Crippen LogP) is 2.97. The van der Waals surface area contributed by atoms with Crippen molar-refractivity contribution in [1.82, 2.24) is 19.4 Å². The Hall–Kier alpha value is -3.12. The van der Waals surface area contributed by atoms with Crippen molar-refractivity contribution < 1.29 is 9.53 Å². The molecule has 0 N–H and O–H groups in total. The largest absolute Gasteiger partial charge is 0.497 e.